The van der Waals surface area contributed by atoms with Crippen LogP contribution in [0.5, 0.6) is 11.5 Å². The first-order valence-corrected chi connectivity index (χ1v) is 12.5. The number of halogens is 1. The highest BCUT2D eigenvalue weighted by Crippen LogP contribution is 2.37. The number of ether oxygens (including phenoxy) is 2. The lowest BCUT2D eigenvalue weighted by Crippen LogP contribution is -2.49. The van der Waals surface area contributed by atoms with Gasteiger partial charge in [0.2, 0.25) is 5.91 Å². The van der Waals surface area contributed by atoms with E-state index < -0.39 is 0 Å². The van der Waals surface area contributed by atoms with Crippen molar-refractivity contribution >= 4 is 23.4 Å². The first-order valence-electron chi connectivity index (χ1n) is 12.1. The molecule has 7 heteroatoms. The molecule has 2 aliphatic rings. The zero-order valence-electron chi connectivity index (χ0n) is 19.6. The van der Waals surface area contributed by atoms with E-state index in [2.05, 4.69) is 0 Å². The van der Waals surface area contributed by atoms with Gasteiger partial charge in [-0.2, -0.15) is 0 Å². The number of carbonyl (C=O) groups is 2. The largest absolute Gasteiger partial charge is 0.493 e. The van der Waals surface area contributed by atoms with Gasteiger partial charge in [0.25, 0.3) is 5.91 Å². The van der Waals surface area contributed by atoms with E-state index in [1.165, 1.54) is 6.42 Å². The average Bonchev–Trinajstić information content (AvgIpc) is 2.88. The van der Waals surface area contributed by atoms with Crippen molar-refractivity contribution in [2.45, 2.75) is 38.5 Å². The van der Waals surface area contributed by atoms with Crippen LogP contribution in [0.2, 0.25) is 5.02 Å². The monoisotopic (exact) mass is 484 g/mol. The highest BCUT2D eigenvalue weighted by Gasteiger charge is 2.40. The third-order valence-electron chi connectivity index (χ3n) is 6.88. The van der Waals surface area contributed by atoms with Crippen molar-refractivity contribution in [1.82, 2.24) is 9.80 Å². The molecule has 0 saturated carbocycles. The van der Waals surface area contributed by atoms with Crippen LogP contribution in [0, 0.1) is 5.41 Å². The predicted octanol–water partition coefficient (Wildman–Crippen LogP) is 4.81. The Morgan fingerprint density at radius 2 is 1.38 bits per heavy atom. The number of amides is 2. The first kappa shape index (κ1) is 24.4. The molecule has 2 fully saturated rings. The van der Waals surface area contributed by atoms with Crippen molar-refractivity contribution in [3.8, 4) is 11.5 Å². The van der Waals surface area contributed by atoms with Crippen LogP contribution in [0.3, 0.4) is 0 Å². The van der Waals surface area contributed by atoms with Gasteiger partial charge in [-0.3, -0.25) is 9.59 Å². The Morgan fingerprint density at radius 1 is 0.765 bits per heavy atom. The van der Waals surface area contributed by atoms with Crippen molar-refractivity contribution in [1.29, 1.82) is 0 Å². The molecule has 0 aliphatic carbocycles. The molecule has 0 aromatic heterocycles. The van der Waals surface area contributed by atoms with E-state index in [1.54, 1.807) is 24.3 Å². The molecule has 0 N–H and O–H groups in total. The van der Waals surface area contributed by atoms with Gasteiger partial charge < -0.3 is 19.3 Å². The fourth-order valence-electron chi connectivity index (χ4n) is 4.70. The molecule has 2 aliphatic heterocycles. The number of rotatable bonds is 8. The van der Waals surface area contributed by atoms with Crippen LogP contribution in [0.4, 0.5) is 0 Å². The van der Waals surface area contributed by atoms with Crippen molar-refractivity contribution in [3.05, 3.63) is 59.6 Å². The van der Waals surface area contributed by atoms with Crippen LogP contribution in [-0.2, 0) is 9.59 Å². The van der Waals surface area contributed by atoms with Gasteiger partial charge in [0.15, 0.2) is 6.61 Å². The summed E-state index contributed by atoms with van der Waals surface area (Å²) in [6.07, 6.45) is 5.27. The van der Waals surface area contributed by atoms with E-state index in [1.807, 2.05) is 40.1 Å². The van der Waals surface area contributed by atoms with Crippen molar-refractivity contribution in [2.24, 2.45) is 5.41 Å². The maximum atomic E-state index is 13.1. The maximum absolute atomic E-state index is 13.1. The lowest BCUT2D eigenvalue weighted by atomic mass is 9.75. The Labute approximate surface area is 206 Å². The lowest BCUT2D eigenvalue weighted by molar-refractivity contribution is -0.139. The molecule has 2 aromatic rings. The van der Waals surface area contributed by atoms with Crippen molar-refractivity contribution in [2.75, 3.05) is 39.4 Å². The van der Waals surface area contributed by atoms with E-state index in [4.69, 9.17) is 21.1 Å². The molecule has 0 atom stereocenters. The Kier molecular flexibility index (Phi) is 8.33. The molecule has 34 heavy (non-hydrogen) atoms. The Morgan fingerprint density at radius 3 is 2.06 bits per heavy atom. The Balaban J connectivity index is 1.35. The molecule has 2 heterocycles. The van der Waals surface area contributed by atoms with Crippen molar-refractivity contribution in [3.63, 3.8) is 0 Å². The highest BCUT2D eigenvalue weighted by atomic mass is 35.5. The number of carbonyl (C=O) groups excluding carboxylic acids is 2. The number of likely N-dealkylation sites (tertiary alicyclic amines) is 2. The predicted molar refractivity (Wildman–Crippen MR) is 132 cm³/mol. The zero-order valence-corrected chi connectivity index (χ0v) is 20.3. The first-order chi connectivity index (χ1) is 16.5. The van der Waals surface area contributed by atoms with Crippen LogP contribution >= 0.6 is 11.6 Å². The van der Waals surface area contributed by atoms with E-state index in [0.29, 0.717) is 36.9 Å². The maximum Gasteiger partial charge on any atom is 0.260 e. The van der Waals surface area contributed by atoms with E-state index in [0.717, 1.165) is 44.5 Å². The summed E-state index contributed by atoms with van der Waals surface area (Å²) in [6, 6.07) is 16.7. The summed E-state index contributed by atoms with van der Waals surface area (Å²) in [7, 11) is 0. The molecular weight excluding hydrogens is 452 g/mol. The second-order valence-electron chi connectivity index (χ2n) is 9.34. The number of piperidine rings is 2. The summed E-state index contributed by atoms with van der Waals surface area (Å²) in [6.45, 7) is 3.34. The average molecular weight is 485 g/mol. The minimum Gasteiger partial charge on any atom is -0.493 e. The Bertz CT molecular complexity index is 937. The summed E-state index contributed by atoms with van der Waals surface area (Å²) >= 11 is 5.91. The second-order valence-corrected chi connectivity index (χ2v) is 9.78. The summed E-state index contributed by atoms with van der Waals surface area (Å²) in [4.78, 5) is 29.7. The summed E-state index contributed by atoms with van der Waals surface area (Å²) in [5.74, 6) is 1.59. The van der Waals surface area contributed by atoms with Gasteiger partial charge in [0.05, 0.1) is 6.61 Å². The normalized spacial score (nSPS) is 17.8. The standard InChI is InChI=1S/C27H33ClN2O4/c28-22-9-11-24(12-10-22)33-20-26(32)30-17-13-27(14-18-30,21-34-23-7-3-1-4-8-23)19-25(31)29-15-5-2-6-16-29/h1,3-4,7-12H,2,5-6,13-21H2. The zero-order chi connectivity index (χ0) is 23.8. The summed E-state index contributed by atoms with van der Waals surface area (Å²) < 4.78 is 11.8. The van der Waals surface area contributed by atoms with E-state index in [9.17, 15) is 9.59 Å². The molecule has 0 unspecified atom stereocenters. The van der Waals surface area contributed by atoms with Crippen LogP contribution in [0.15, 0.2) is 54.6 Å². The van der Waals surface area contributed by atoms with Gasteiger partial charge in [-0.05, 0) is 68.5 Å². The minimum atomic E-state index is -0.280. The molecule has 0 spiro atoms. The minimum absolute atomic E-state index is 0.0120. The summed E-state index contributed by atoms with van der Waals surface area (Å²) in [5.41, 5.74) is -0.280. The second kappa shape index (κ2) is 11.6. The fourth-order valence-corrected chi connectivity index (χ4v) is 4.82. The number of nitrogens with zero attached hydrogens (tertiary/aromatic N) is 2. The molecule has 6 nitrogen and oxygen atoms in total. The molecule has 0 bridgehead atoms. The summed E-state index contributed by atoms with van der Waals surface area (Å²) in [5, 5.41) is 0.628. The third kappa shape index (κ3) is 6.66. The topological polar surface area (TPSA) is 59.1 Å². The smallest absolute Gasteiger partial charge is 0.260 e. The van der Waals surface area contributed by atoms with Crippen molar-refractivity contribution < 1.29 is 19.1 Å². The Hall–Kier alpha value is -2.73. The van der Waals surface area contributed by atoms with Gasteiger partial charge in [0, 0.05) is 43.0 Å². The molecule has 0 radical (unpaired) electrons. The van der Waals surface area contributed by atoms with Gasteiger partial charge in [-0.15, -0.1) is 0 Å². The molecule has 2 saturated heterocycles. The van der Waals surface area contributed by atoms with E-state index >= 15 is 0 Å². The van der Waals surface area contributed by atoms with Gasteiger partial charge >= 0.3 is 0 Å². The molecule has 4 rings (SSSR count). The number of hydrogen-bond acceptors (Lipinski definition) is 4. The molecular formula is C27H33ClN2O4. The lowest BCUT2D eigenvalue weighted by Gasteiger charge is -2.42. The number of para-hydroxylation sites is 1. The number of benzene rings is 2. The fraction of sp³-hybridized carbons (Fsp3) is 0.481. The van der Waals surface area contributed by atoms with Crippen LogP contribution < -0.4 is 9.47 Å². The molecule has 182 valence electrons. The quantitative estimate of drug-likeness (QED) is 0.539. The molecule has 2 aromatic carbocycles. The van der Waals surface area contributed by atoms with Crippen LogP contribution in [-0.4, -0.2) is 61.0 Å². The SMILES string of the molecule is O=C(COc1ccc(Cl)cc1)N1CCC(COc2ccccc2)(CC(=O)N2CCCCC2)CC1. The third-order valence-corrected chi connectivity index (χ3v) is 7.13. The van der Waals surface area contributed by atoms with Crippen LogP contribution in [0.25, 0.3) is 0 Å². The number of hydrogen-bond donors (Lipinski definition) is 0. The molecule has 2 amide bonds. The highest BCUT2D eigenvalue weighted by molar-refractivity contribution is 6.30. The van der Waals surface area contributed by atoms with E-state index in [-0.39, 0.29) is 23.8 Å². The van der Waals surface area contributed by atoms with Gasteiger partial charge in [-0.25, -0.2) is 0 Å². The van der Waals surface area contributed by atoms with Gasteiger partial charge in [-0.1, -0.05) is 29.8 Å². The van der Waals surface area contributed by atoms with Gasteiger partial charge in [0.1, 0.15) is 11.5 Å². The van der Waals surface area contributed by atoms with Crippen LogP contribution in [0.1, 0.15) is 38.5 Å².